The summed E-state index contributed by atoms with van der Waals surface area (Å²) >= 11 is 0. The van der Waals surface area contributed by atoms with Crippen molar-refractivity contribution in [3.63, 3.8) is 0 Å². The molecule has 0 unspecified atom stereocenters. The lowest BCUT2D eigenvalue weighted by Crippen LogP contribution is -1.94. The average molecular weight is 246 g/mol. The fourth-order valence-corrected chi connectivity index (χ4v) is 2.11. The van der Waals surface area contributed by atoms with Crippen molar-refractivity contribution in [2.45, 2.75) is 6.92 Å². The number of nitrogens with zero attached hydrogens (tertiary/aromatic N) is 2. The maximum absolute atomic E-state index is 4.28. The second kappa shape index (κ2) is 5.02. The molecule has 0 bridgehead atoms. The number of aryl methyl sites for hydroxylation is 1. The molecule has 0 amide bonds. The van der Waals surface area contributed by atoms with Crippen LogP contribution in [-0.2, 0) is 0 Å². The number of aromatic nitrogens is 2. The van der Waals surface area contributed by atoms with Gasteiger partial charge in [0.05, 0.1) is 11.4 Å². The molecule has 3 aromatic rings. The third kappa shape index (κ3) is 2.38. The van der Waals surface area contributed by atoms with Crippen molar-refractivity contribution in [3.05, 3.63) is 72.4 Å². The van der Waals surface area contributed by atoms with Crippen LogP contribution >= 0.6 is 0 Å². The van der Waals surface area contributed by atoms with Crippen molar-refractivity contribution >= 4 is 0 Å². The van der Waals surface area contributed by atoms with E-state index in [9.17, 15) is 0 Å². The van der Waals surface area contributed by atoms with E-state index in [0.717, 1.165) is 22.5 Å². The van der Waals surface area contributed by atoms with E-state index in [0.29, 0.717) is 0 Å². The van der Waals surface area contributed by atoms with Gasteiger partial charge < -0.3 is 0 Å². The first-order valence-corrected chi connectivity index (χ1v) is 6.30. The van der Waals surface area contributed by atoms with Crippen molar-refractivity contribution in [2.75, 3.05) is 0 Å². The SMILES string of the molecule is Cc1nnc(-c2ccccc2)cc1-c1ccccc1. The highest BCUT2D eigenvalue weighted by Gasteiger charge is 2.07. The van der Waals surface area contributed by atoms with Gasteiger partial charge in [0.2, 0.25) is 0 Å². The summed E-state index contributed by atoms with van der Waals surface area (Å²) in [5.74, 6) is 0. The highest BCUT2D eigenvalue weighted by atomic mass is 15.1. The molecule has 0 atom stereocenters. The fraction of sp³-hybridized carbons (Fsp3) is 0.0588. The molecule has 0 saturated heterocycles. The van der Waals surface area contributed by atoms with E-state index in [4.69, 9.17) is 0 Å². The van der Waals surface area contributed by atoms with Gasteiger partial charge in [-0.15, -0.1) is 0 Å². The molecule has 0 aliphatic carbocycles. The Morgan fingerprint density at radius 3 is 1.89 bits per heavy atom. The van der Waals surface area contributed by atoms with Crippen LogP contribution in [0.2, 0.25) is 0 Å². The minimum Gasteiger partial charge on any atom is -0.155 e. The van der Waals surface area contributed by atoms with Crippen molar-refractivity contribution in [2.24, 2.45) is 0 Å². The predicted molar refractivity (Wildman–Crippen MR) is 77.6 cm³/mol. The minimum absolute atomic E-state index is 0.907. The van der Waals surface area contributed by atoms with Crippen LogP contribution in [0.1, 0.15) is 5.69 Å². The molecule has 92 valence electrons. The van der Waals surface area contributed by atoms with Gasteiger partial charge in [0.15, 0.2) is 0 Å². The van der Waals surface area contributed by atoms with Gasteiger partial charge >= 0.3 is 0 Å². The number of hydrogen-bond donors (Lipinski definition) is 0. The molecule has 0 spiro atoms. The second-order valence-electron chi connectivity index (χ2n) is 4.46. The van der Waals surface area contributed by atoms with Crippen LogP contribution in [0, 0.1) is 6.92 Å². The highest BCUT2D eigenvalue weighted by molar-refractivity contribution is 5.71. The number of benzene rings is 2. The first-order chi connectivity index (χ1) is 9.34. The van der Waals surface area contributed by atoms with Gasteiger partial charge in [0, 0.05) is 11.1 Å². The van der Waals surface area contributed by atoms with Crippen molar-refractivity contribution < 1.29 is 0 Å². The summed E-state index contributed by atoms with van der Waals surface area (Å²) < 4.78 is 0. The Kier molecular flexibility index (Phi) is 3.07. The summed E-state index contributed by atoms with van der Waals surface area (Å²) in [6.07, 6.45) is 0. The van der Waals surface area contributed by atoms with E-state index in [2.05, 4.69) is 28.4 Å². The summed E-state index contributed by atoms with van der Waals surface area (Å²) in [4.78, 5) is 0. The molecule has 0 radical (unpaired) electrons. The maximum atomic E-state index is 4.28. The zero-order valence-corrected chi connectivity index (χ0v) is 10.7. The van der Waals surface area contributed by atoms with Gasteiger partial charge in [-0.05, 0) is 18.6 Å². The molecule has 2 heteroatoms. The van der Waals surface area contributed by atoms with E-state index < -0.39 is 0 Å². The molecule has 0 aliphatic rings. The van der Waals surface area contributed by atoms with Crippen molar-refractivity contribution in [1.82, 2.24) is 10.2 Å². The Morgan fingerprint density at radius 1 is 0.684 bits per heavy atom. The topological polar surface area (TPSA) is 25.8 Å². The van der Waals surface area contributed by atoms with Gasteiger partial charge in [-0.25, -0.2) is 0 Å². The van der Waals surface area contributed by atoms with E-state index in [1.807, 2.05) is 55.5 Å². The number of rotatable bonds is 2. The predicted octanol–water partition coefficient (Wildman–Crippen LogP) is 4.12. The van der Waals surface area contributed by atoms with Crippen LogP contribution in [0.3, 0.4) is 0 Å². The van der Waals surface area contributed by atoms with Crippen LogP contribution < -0.4 is 0 Å². The third-order valence-electron chi connectivity index (χ3n) is 3.13. The lowest BCUT2D eigenvalue weighted by molar-refractivity contribution is 0.990. The summed E-state index contributed by atoms with van der Waals surface area (Å²) in [7, 11) is 0. The molecule has 19 heavy (non-hydrogen) atoms. The molecule has 0 aliphatic heterocycles. The monoisotopic (exact) mass is 246 g/mol. The lowest BCUT2D eigenvalue weighted by Gasteiger charge is -2.07. The second-order valence-corrected chi connectivity index (χ2v) is 4.46. The highest BCUT2D eigenvalue weighted by Crippen LogP contribution is 2.25. The van der Waals surface area contributed by atoms with Gasteiger partial charge in [0.1, 0.15) is 0 Å². The Hall–Kier alpha value is -2.48. The fourth-order valence-electron chi connectivity index (χ4n) is 2.11. The molecule has 0 saturated carbocycles. The molecule has 0 N–H and O–H groups in total. The van der Waals surface area contributed by atoms with Gasteiger partial charge in [-0.1, -0.05) is 60.7 Å². The molecular weight excluding hydrogens is 232 g/mol. The van der Waals surface area contributed by atoms with Gasteiger partial charge in [-0.2, -0.15) is 10.2 Å². The van der Waals surface area contributed by atoms with Crippen molar-refractivity contribution in [3.8, 4) is 22.4 Å². The largest absolute Gasteiger partial charge is 0.155 e. The smallest absolute Gasteiger partial charge is 0.0936 e. The lowest BCUT2D eigenvalue weighted by atomic mass is 10.0. The zero-order valence-electron chi connectivity index (χ0n) is 10.7. The summed E-state index contributed by atoms with van der Waals surface area (Å²) in [6, 6.07) is 22.5. The van der Waals surface area contributed by atoms with Crippen LogP contribution in [0.15, 0.2) is 66.7 Å². The van der Waals surface area contributed by atoms with Crippen LogP contribution in [0.4, 0.5) is 0 Å². The summed E-state index contributed by atoms with van der Waals surface area (Å²) in [5.41, 5.74) is 5.25. The maximum Gasteiger partial charge on any atom is 0.0936 e. The minimum atomic E-state index is 0.907. The molecule has 0 fully saturated rings. The van der Waals surface area contributed by atoms with E-state index >= 15 is 0 Å². The average Bonchev–Trinajstić information content (AvgIpc) is 2.49. The first-order valence-electron chi connectivity index (χ1n) is 6.30. The Balaban J connectivity index is 2.12. The van der Waals surface area contributed by atoms with Crippen LogP contribution in [-0.4, -0.2) is 10.2 Å². The standard InChI is InChI=1S/C17H14N2/c1-13-16(14-8-4-2-5-9-14)12-17(19-18-13)15-10-6-3-7-11-15/h2-12H,1H3. The Labute approximate surface area is 112 Å². The summed E-state index contributed by atoms with van der Waals surface area (Å²) in [5, 5.41) is 8.57. The molecular formula is C17H14N2. The Bertz CT molecular complexity index is 676. The quantitative estimate of drug-likeness (QED) is 0.679. The molecule has 3 rings (SSSR count). The molecule has 2 aromatic carbocycles. The van der Waals surface area contributed by atoms with Gasteiger partial charge in [-0.3, -0.25) is 0 Å². The van der Waals surface area contributed by atoms with Crippen molar-refractivity contribution in [1.29, 1.82) is 0 Å². The zero-order chi connectivity index (χ0) is 13.1. The normalized spacial score (nSPS) is 10.4. The van der Waals surface area contributed by atoms with Gasteiger partial charge in [0.25, 0.3) is 0 Å². The summed E-state index contributed by atoms with van der Waals surface area (Å²) in [6.45, 7) is 1.99. The molecule has 2 nitrogen and oxygen atoms in total. The third-order valence-corrected chi connectivity index (χ3v) is 3.13. The van der Waals surface area contributed by atoms with E-state index in [-0.39, 0.29) is 0 Å². The van der Waals surface area contributed by atoms with Crippen LogP contribution in [0.25, 0.3) is 22.4 Å². The molecule has 1 heterocycles. The first kappa shape index (κ1) is 11.6. The Morgan fingerprint density at radius 2 is 1.26 bits per heavy atom. The van der Waals surface area contributed by atoms with E-state index in [1.165, 1.54) is 5.56 Å². The number of hydrogen-bond acceptors (Lipinski definition) is 2. The van der Waals surface area contributed by atoms with Crippen LogP contribution in [0.5, 0.6) is 0 Å². The van der Waals surface area contributed by atoms with E-state index in [1.54, 1.807) is 0 Å². The molecule has 1 aromatic heterocycles.